The third kappa shape index (κ3) is 3.03. The smallest absolute Gasteiger partial charge is 0.221 e. The van der Waals surface area contributed by atoms with Gasteiger partial charge >= 0.3 is 0 Å². The van der Waals surface area contributed by atoms with Crippen molar-refractivity contribution in [2.45, 2.75) is 18.7 Å². The van der Waals surface area contributed by atoms with Gasteiger partial charge in [0.25, 0.3) is 0 Å². The molecule has 1 N–H and O–H groups in total. The second-order valence-corrected chi connectivity index (χ2v) is 7.66. The zero-order valence-electron chi connectivity index (χ0n) is 13.6. The summed E-state index contributed by atoms with van der Waals surface area (Å²) in [4.78, 5) is 16.0. The Morgan fingerprint density at radius 2 is 1.79 bits per heavy atom. The van der Waals surface area contributed by atoms with E-state index in [0.717, 1.165) is 22.5 Å². The van der Waals surface area contributed by atoms with E-state index in [2.05, 4.69) is 10.3 Å². The lowest BCUT2D eigenvalue weighted by Gasteiger charge is -2.09. The number of amides is 1. The van der Waals surface area contributed by atoms with Gasteiger partial charge in [0, 0.05) is 24.6 Å². The molecular formula is C17H17N3O3S. The molecule has 0 atom stereocenters. The summed E-state index contributed by atoms with van der Waals surface area (Å²) in [7, 11) is -3.23. The molecule has 1 aromatic heterocycles. The number of aromatic nitrogens is 2. The Bertz CT molecular complexity index is 1030. The average Bonchev–Trinajstić information content (AvgIpc) is 2.81. The standard InChI is InChI=1S/C17H17N3O3S/c1-11-18-16-9-4-13(19-12(2)21)10-17(16)20(11)14-5-7-15(8-6-14)24(3,22)23/h4-10H,1-3H3,(H,19,21). The van der Waals surface area contributed by atoms with Crippen molar-refractivity contribution in [3.63, 3.8) is 0 Å². The van der Waals surface area contributed by atoms with Gasteiger partial charge in [0.05, 0.1) is 15.9 Å². The molecule has 0 aliphatic carbocycles. The number of nitrogens with one attached hydrogen (secondary N) is 1. The maximum Gasteiger partial charge on any atom is 0.221 e. The molecule has 0 aliphatic heterocycles. The van der Waals surface area contributed by atoms with Crippen LogP contribution in [0.5, 0.6) is 0 Å². The second kappa shape index (κ2) is 5.76. The van der Waals surface area contributed by atoms with Gasteiger partial charge in [-0.05, 0) is 49.4 Å². The van der Waals surface area contributed by atoms with Crippen LogP contribution in [0.2, 0.25) is 0 Å². The van der Waals surface area contributed by atoms with Gasteiger partial charge in [-0.25, -0.2) is 13.4 Å². The highest BCUT2D eigenvalue weighted by Crippen LogP contribution is 2.25. The van der Waals surface area contributed by atoms with Crippen molar-refractivity contribution in [1.82, 2.24) is 9.55 Å². The van der Waals surface area contributed by atoms with Crippen LogP contribution in [-0.2, 0) is 14.6 Å². The van der Waals surface area contributed by atoms with Crippen LogP contribution in [0.4, 0.5) is 5.69 Å². The van der Waals surface area contributed by atoms with Crippen LogP contribution >= 0.6 is 0 Å². The average molecular weight is 343 g/mol. The molecule has 1 amide bonds. The minimum atomic E-state index is -3.23. The lowest BCUT2D eigenvalue weighted by Crippen LogP contribution is -2.05. The van der Waals surface area contributed by atoms with Crippen molar-refractivity contribution in [2.75, 3.05) is 11.6 Å². The summed E-state index contributed by atoms with van der Waals surface area (Å²) in [6.45, 7) is 3.33. The molecule has 0 spiro atoms. The molecule has 0 fully saturated rings. The third-order valence-corrected chi connectivity index (χ3v) is 4.79. The van der Waals surface area contributed by atoms with Crippen molar-refractivity contribution in [3.05, 3.63) is 48.3 Å². The highest BCUT2D eigenvalue weighted by molar-refractivity contribution is 7.90. The van der Waals surface area contributed by atoms with Gasteiger partial charge in [0.2, 0.25) is 5.91 Å². The molecule has 0 aliphatic rings. The summed E-state index contributed by atoms with van der Waals surface area (Å²) in [6.07, 6.45) is 1.18. The number of benzene rings is 2. The molecule has 24 heavy (non-hydrogen) atoms. The first-order chi connectivity index (χ1) is 11.3. The number of imidazole rings is 1. The van der Waals surface area contributed by atoms with E-state index in [1.807, 2.05) is 23.6 Å². The Hall–Kier alpha value is -2.67. The van der Waals surface area contributed by atoms with Crippen LogP contribution in [0.25, 0.3) is 16.7 Å². The van der Waals surface area contributed by atoms with Crippen molar-refractivity contribution in [2.24, 2.45) is 0 Å². The minimum absolute atomic E-state index is 0.144. The van der Waals surface area contributed by atoms with E-state index in [-0.39, 0.29) is 10.8 Å². The van der Waals surface area contributed by atoms with Crippen LogP contribution in [0.15, 0.2) is 47.4 Å². The van der Waals surface area contributed by atoms with E-state index in [9.17, 15) is 13.2 Å². The molecular weight excluding hydrogens is 326 g/mol. The van der Waals surface area contributed by atoms with E-state index in [1.165, 1.54) is 13.2 Å². The monoisotopic (exact) mass is 343 g/mol. The summed E-state index contributed by atoms with van der Waals surface area (Å²) in [5.74, 6) is 0.631. The molecule has 1 heterocycles. The molecule has 2 aromatic carbocycles. The number of fused-ring (bicyclic) bond motifs is 1. The van der Waals surface area contributed by atoms with Gasteiger partial charge in [-0.3, -0.25) is 9.36 Å². The van der Waals surface area contributed by atoms with E-state index in [0.29, 0.717) is 5.69 Å². The first-order valence-electron chi connectivity index (χ1n) is 7.33. The Kier molecular flexibility index (Phi) is 3.88. The lowest BCUT2D eigenvalue weighted by molar-refractivity contribution is -0.114. The molecule has 0 saturated carbocycles. The van der Waals surface area contributed by atoms with Crippen molar-refractivity contribution in [1.29, 1.82) is 0 Å². The fourth-order valence-corrected chi connectivity index (χ4v) is 3.28. The minimum Gasteiger partial charge on any atom is -0.326 e. The summed E-state index contributed by atoms with van der Waals surface area (Å²) in [5, 5.41) is 2.75. The summed E-state index contributed by atoms with van der Waals surface area (Å²) in [5.41, 5.74) is 3.13. The molecule has 124 valence electrons. The van der Waals surface area contributed by atoms with Gasteiger partial charge < -0.3 is 5.32 Å². The molecule has 0 bridgehead atoms. The molecule has 0 radical (unpaired) electrons. The number of sulfone groups is 1. The maximum atomic E-state index is 11.6. The van der Waals surface area contributed by atoms with Crippen LogP contribution in [0.3, 0.4) is 0 Å². The first kappa shape index (κ1) is 16.2. The number of aryl methyl sites for hydroxylation is 1. The number of anilines is 1. The second-order valence-electron chi connectivity index (χ2n) is 5.65. The Balaban J connectivity index is 2.14. The van der Waals surface area contributed by atoms with Gasteiger partial charge in [0.15, 0.2) is 9.84 Å². The summed E-state index contributed by atoms with van der Waals surface area (Å²) in [6, 6.07) is 12.1. The van der Waals surface area contributed by atoms with Gasteiger partial charge in [0.1, 0.15) is 5.82 Å². The highest BCUT2D eigenvalue weighted by Gasteiger charge is 2.12. The number of rotatable bonds is 3. The van der Waals surface area contributed by atoms with Crippen molar-refractivity contribution >= 4 is 32.5 Å². The molecule has 3 aromatic rings. The van der Waals surface area contributed by atoms with Gasteiger partial charge in [-0.15, -0.1) is 0 Å². The summed E-state index contributed by atoms with van der Waals surface area (Å²) >= 11 is 0. The number of carbonyl (C=O) groups excluding carboxylic acids is 1. The third-order valence-electron chi connectivity index (χ3n) is 3.67. The Labute approximate surface area is 140 Å². The number of nitrogens with zero attached hydrogens (tertiary/aromatic N) is 2. The fourth-order valence-electron chi connectivity index (χ4n) is 2.65. The Morgan fingerprint density at radius 3 is 2.38 bits per heavy atom. The van der Waals surface area contributed by atoms with E-state index >= 15 is 0 Å². The van der Waals surface area contributed by atoms with E-state index in [4.69, 9.17) is 0 Å². The molecule has 3 rings (SSSR count). The topological polar surface area (TPSA) is 81.1 Å². The lowest BCUT2D eigenvalue weighted by atomic mass is 10.2. The van der Waals surface area contributed by atoms with E-state index < -0.39 is 9.84 Å². The predicted octanol–water partition coefficient (Wildman–Crippen LogP) is 2.70. The van der Waals surface area contributed by atoms with Crippen LogP contribution < -0.4 is 5.32 Å². The largest absolute Gasteiger partial charge is 0.326 e. The van der Waals surface area contributed by atoms with Crippen molar-refractivity contribution in [3.8, 4) is 5.69 Å². The number of hydrogen-bond acceptors (Lipinski definition) is 4. The zero-order chi connectivity index (χ0) is 17.5. The van der Waals surface area contributed by atoms with Crippen LogP contribution in [0.1, 0.15) is 12.7 Å². The summed E-state index contributed by atoms with van der Waals surface area (Å²) < 4.78 is 25.1. The predicted molar refractivity (Wildman–Crippen MR) is 93.2 cm³/mol. The SMILES string of the molecule is CC(=O)Nc1ccc2nc(C)n(-c3ccc(S(C)(=O)=O)cc3)c2c1. The maximum absolute atomic E-state index is 11.6. The van der Waals surface area contributed by atoms with Gasteiger partial charge in [-0.1, -0.05) is 0 Å². The van der Waals surface area contributed by atoms with Crippen LogP contribution in [0, 0.1) is 6.92 Å². The molecule has 0 unspecified atom stereocenters. The fraction of sp³-hybridized carbons (Fsp3) is 0.176. The normalized spacial score (nSPS) is 11.6. The van der Waals surface area contributed by atoms with Crippen molar-refractivity contribution < 1.29 is 13.2 Å². The molecule has 0 saturated heterocycles. The molecule has 6 nitrogen and oxygen atoms in total. The number of hydrogen-bond donors (Lipinski definition) is 1. The van der Waals surface area contributed by atoms with Gasteiger partial charge in [-0.2, -0.15) is 0 Å². The Morgan fingerprint density at radius 1 is 1.12 bits per heavy atom. The van der Waals surface area contributed by atoms with Crippen LogP contribution in [-0.4, -0.2) is 30.1 Å². The number of carbonyl (C=O) groups is 1. The zero-order valence-corrected chi connectivity index (χ0v) is 14.4. The molecule has 7 heteroatoms. The van der Waals surface area contributed by atoms with E-state index in [1.54, 1.807) is 30.3 Å². The quantitative estimate of drug-likeness (QED) is 0.793. The first-order valence-corrected chi connectivity index (χ1v) is 9.22. The highest BCUT2D eigenvalue weighted by atomic mass is 32.2.